The smallest absolute Gasteiger partial charge is 0.175 e. The fraction of sp³-hybridized carbons (Fsp3) is 0.500. The standard InChI is InChI=1S/C12H19NO4S/c1-8-4-9(2)12(18(3,16)17)5-11(8)13-6-10(15)7-14/h4-5,10,13-15H,6-7H2,1-3H3. The highest BCUT2D eigenvalue weighted by molar-refractivity contribution is 7.90. The summed E-state index contributed by atoms with van der Waals surface area (Å²) < 4.78 is 23.2. The van der Waals surface area contributed by atoms with E-state index in [1.54, 1.807) is 19.1 Å². The van der Waals surface area contributed by atoms with Crippen molar-refractivity contribution in [1.82, 2.24) is 0 Å². The number of nitrogens with one attached hydrogen (secondary N) is 1. The van der Waals surface area contributed by atoms with E-state index in [2.05, 4.69) is 5.32 Å². The van der Waals surface area contributed by atoms with E-state index >= 15 is 0 Å². The van der Waals surface area contributed by atoms with Gasteiger partial charge in [0.15, 0.2) is 9.84 Å². The summed E-state index contributed by atoms with van der Waals surface area (Å²) >= 11 is 0. The van der Waals surface area contributed by atoms with Crippen molar-refractivity contribution in [3.05, 3.63) is 23.3 Å². The van der Waals surface area contributed by atoms with Crippen LogP contribution in [0.15, 0.2) is 17.0 Å². The summed E-state index contributed by atoms with van der Waals surface area (Å²) in [5, 5.41) is 20.9. The molecule has 0 saturated carbocycles. The zero-order chi connectivity index (χ0) is 13.9. The van der Waals surface area contributed by atoms with Gasteiger partial charge in [-0.25, -0.2) is 8.42 Å². The average Bonchev–Trinajstić information content (AvgIpc) is 2.25. The maximum Gasteiger partial charge on any atom is 0.175 e. The molecule has 0 aliphatic carbocycles. The number of anilines is 1. The van der Waals surface area contributed by atoms with Gasteiger partial charge in [-0.05, 0) is 31.0 Å². The SMILES string of the molecule is Cc1cc(C)c(S(C)(=O)=O)cc1NCC(O)CO. The van der Waals surface area contributed by atoms with Gasteiger partial charge in [-0.15, -0.1) is 0 Å². The van der Waals surface area contributed by atoms with Crippen LogP contribution >= 0.6 is 0 Å². The predicted octanol–water partition coefficient (Wildman–Crippen LogP) is 0.472. The van der Waals surface area contributed by atoms with Crippen LogP contribution in [0.3, 0.4) is 0 Å². The lowest BCUT2D eigenvalue weighted by Crippen LogP contribution is -2.23. The van der Waals surface area contributed by atoms with Crippen molar-refractivity contribution < 1.29 is 18.6 Å². The molecule has 0 bridgehead atoms. The molecule has 3 N–H and O–H groups in total. The first-order valence-corrected chi connectivity index (χ1v) is 7.49. The van der Waals surface area contributed by atoms with Gasteiger partial charge in [0.2, 0.25) is 0 Å². The van der Waals surface area contributed by atoms with Crippen molar-refractivity contribution in [3.63, 3.8) is 0 Å². The number of aliphatic hydroxyl groups excluding tert-OH is 2. The lowest BCUT2D eigenvalue weighted by atomic mass is 10.1. The summed E-state index contributed by atoms with van der Waals surface area (Å²) in [6.45, 7) is 3.43. The summed E-state index contributed by atoms with van der Waals surface area (Å²) in [5.41, 5.74) is 2.24. The molecule has 6 heteroatoms. The fourth-order valence-corrected chi connectivity index (χ4v) is 2.69. The predicted molar refractivity (Wildman–Crippen MR) is 70.6 cm³/mol. The van der Waals surface area contributed by atoms with Crippen molar-refractivity contribution in [2.75, 3.05) is 24.7 Å². The Labute approximate surface area is 107 Å². The lowest BCUT2D eigenvalue weighted by molar-refractivity contribution is 0.105. The van der Waals surface area contributed by atoms with Gasteiger partial charge in [0.25, 0.3) is 0 Å². The number of aliphatic hydroxyl groups is 2. The van der Waals surface area contributed by atoms with Gasteiger partial charge in [0, 0.05) is 18.5 Å². The Hall–Kier alpha value is -1.11. The van der Waals surface area contributed by atoms with E-state index in [9.17, 15) is 13.5 Å². The van der Waals surface area contributed by atoms with Gasteiger partial charge in [0.05, 0.1) is 17.6 Å². The molecule has 1 aromatic carbocycles. The number of rotatable bonds is 5. The topological polar surface area (TPSA) is 86.6 Å². The minimum atomic E-state index is -3.27. The van der Waals surface area contributed by atoms with E-state index in [0.29, 0.717) is 11.3 Å². The van der Waals surface area contributed by atoms with Gasteiger partial charge in [-0.1, -0.05) is 6.07 Å². The van der Waals surface area contributed by atoms with Crippen LogP contribution in [0.2, 0.25) is 0 Å². The van der Waals surface area contributed by atoms with Gasteiger partial charge >= 0.3 is 0 Å². The Morgan fingerprint density at radius 3 is 2.39 bits per heavy atom. The maximum atomic E-state index is 11.6. The van der Waals surface area contributed by atoms with E-state index < -0.39 is 15.9 Å². The zero-order valence-electron chi connectivity index (χ0n) is 10.8. The molecule has 0 radical (unpaired) electrons. The Kier molecular flexibility index (Phi) is 4.72. The monoisotopic (exact) mass is 273 g/mol. The second kappa shape index (κ2) is 5.69. The number of aryl methyl sites for hydroxylation is 2. The highest BCUT2D eigenvalue weighted by Crippen LogP contribution is 2.24. The molecule has 0 saturated heterocycles. The summed E-state index contributed by atoms with van der Waals surface area (Å²) in [5.74, 6) is 0. The van der Waals surface area contributed by atoms with Crippen LogP contribution < -0.4 is 5.32 Å². The maximum absolute atomic E-state index is 11.6. The molecule has 0 spiro atoms. The third kappa shape index (κ3) is 3.69. The first-order chi connectivity index (χ1) is 8.25. The molecule has 5 nitrogen and oxygen atoms in total. The fourth-order valence-electron chi connectivity index (χ4n) is 1.71. The van der Waals surface area contributed by atoms with Gasteiger partial charge in [0.1, 0.15) is 0 Å². The van der Waals surface area contributed by atoms with E-state index in [-0.39, 0.29) is 18.0 Å². The van der Waals surface area contributed by atoms with Crippen LogP contribution in [-0.2, 0) is 9.84 Å². The van der Waals surface area contributed by atoms with Crippen LogP contribution in [0.25, 0.3) is 0 Å². The Bertz CT molecular complexity index is 525. The normalized spacial score (nSPS) is 13.4. The van der Waals surface area contributed by atoms with Crippen LogP contribution in [0.5, 0.6) is 0 Å². The third-order valence-corrected chi connectivity index (χ3v) is 3.90. The van der Waals surface area contributed by atoms with Crippen LogP contribution in [0.1, 0.15) is 11.1 Å². The molecule has 1 aromatic rings. The number of hydrogen-bond acceptors (Lipinski definition) is 5. The molecular weight excluding hydrogens is 254 g/mol. The highest BCUT2D eigenvalue weighted by atomic mass is 32.2. The van der Waals surface area contributed by atoms with Crippen molar-refractivity contribution in [2.45, 2.75) is 24.8 Å². The first-order valence-electron chi connectivity index (χ1n) is 5.59. The minimum Gasteiger partial charge on any atom is -0.394 e. The second-order valence-electron chi connectivity index (χ2n) is 4.42. The first kappa shape index (κ1) is 14.9. The van der Waals surface area contributed by atoms with Crippen molar-refractivity contribution in [3.8, 4) is 0 Å². The molecule has 0 aliphatic rings. The molecular formula is C12H19NO4S. The second-order valence-corrected chi connectivity index (χ2v) is 6.41. The number of benzene rings is 1. The largest absolute Gasteiger partial charge is 0.394 e. The molecule has 102 valence electrons. The Morgan fingerprint density at radius 2 is 1.89 bits per heavy atom. The molecule has 0 amide bonds. The summed E-state index contributed by atoms with van der Waals surface area (Å²) in [4.78, 5) is 0.272. The van der Waals surface area contributed by atoms with Gasteiger partial charge < -0.3 is 15.5 Å². The molecule has 0 aromatic heterocycles. The van der Waals surface area contributed by atoms with Crippen molar-refractivity contribution >= 4 is 15.5 Å². The quantitative estimate of drug-likeness (QED) is 0.726. The summed E-state index contributed by atoms with van der Waals surface area (Å²) in [6.07, 6.45) is 0.296. The van der Waals surface area contributed by atoms with E-state index in [0.717, 1.165) is 11.8 Å². The Morgan fingerprint density at radius 1 is 1.28 bits per heavy atom. The Balaban J connectivity index is 3.06. The molecule has 1 rings (SSSR count). The van der Waals surface area contributed by atoms with Crippen LogP contribution in [0.4, 0.5) is 5.69 Å². The van der Waals surface area contributed by atoms with E-state index in [1.165, 1.54) is 0 Å². The average molecular weight is 273 g/mol. The minimum absolute atomic E-state index is 0.170. The molecule has 0 fully saturated rings. The zero-order valence-corrected chi connectivity index (χ0v) is 11.6. The summed E-state index contributed by atoms with van der Waals surface area (Å²) in [7, 11) is -3.27. The molecule has 1 atom stereocenters. The lowest BCUT2D eigenvalue weighted by Gasteiger charge is -2.15. The van der Waals surface area contributed by atoms with Crippen LogP contribution in [0, 0.1) is 13.8 Å². The molecule has 1 unspecified atom stereocenters. The van der Waals surface area contributed by atoms with E-state index in [1.807, 2.05) is 6.92 Å². The van der Waals surface area contributed by atoms with Crippen molar-refractivity contribution in [1.29, 1.82) is 0 Å². The highest BCUT2D eigenvalue weighted by Gasteiger charge is 2.13. The third-order valence-electron chi connectivity index (χ3n) is 2.66. The van der Waals surface area contributed by atoms with E-state index in [4.69, 9.17) is 5.11 Å². The van der Waals surface area contributed by atoms with Gasteiger partial charge in [-0.3, -0.25) is 0 Å². The van der Waals surface area contributed by atoms with Gasteiger partial charge in [-0.2, -0.15) is 0 Å². The molecule has 0 heterocycles. The number of sulfone groups is 1. The van der Waals surface area contributed by atoms with Crippen molar-refractivity contribution in [2.24, 2.45) is 0 Å². The molecule has 18 heavy (non-hydrogen) atoms. The number of hydrogen-bond donors (Lipinski definition) is 3. The molecule has 0 aliphatic heterocycles. The van der Waals surface area contributed by atoms with Crippen LogP contribution in [-0.4, -0.2) is 44.1 Å². The summed E-state index contributed by atoms with van der Waals surface area (Å²) in [6, 6.07) is 3.34.